The first kappa shape index (κ1) is 24.9. The molecule has 2 fully saturated rings. The van der Waals surface area contributed by atoms with E-state index in [0.717, 1.165) is 51.4 Å². The molecule has 2 rings (SSSR count). The number of ether oxygens (including phenoxy) is 2. The first-order valence-electron chi connectivity index (χ1n) is 11.2. The predicted molar refractivity (Wildman–Crippen MR) is 111 cm³/mol. The van der Waals surface area contributed by atoms with Crippen molar-refractivity contribution in [2.24, 2.45) is 11.8 Å². The van der Waals surface area contributed by atoms with Gasteiger partial charge in [0.05, 0.1) is 19.3 Å². The lowest BCUT2D eigenvalue weighted by Crippen LogP contribution is -2.26. The molecule has 0 saturated heterocycles. The van der Waals surface area contributed by atoms with Crippen molar-refractivity contribution in [1.82, 2.24) is 0 Å². The van der Waals surface area contributed by atoms with Gasteiger partial charge in [-0.3, -0.25) is 14.4 Å². The Kier molecular flexibility index (Phi) is 9.52. The van der Waals surface area contributed by atoms with Crippen LogP contribution in [0.2, 0.25) is 0 Å². The van der Waals surface area contributed by atoms with Crippen molar-refractivity contribution in [1.29, 1.82) is 0 Å². The zero-order chi connectivity index (χ0) is 23.0. The van der Waals surface area contributed by atoms with Gasteiger partial charge in [-0.15, -0.1) is 0 Å². The molecule has 8 nitrogen and oxygen atoms in total. The molecule has 0 atom stereocenters. The van der Waals surface area contributed by atoms with Crippen LogP contribution in [0.3, 0.4) is 0 Å². The summed E-state index contributed by atoms with van der Waals surface area (Å²) in [6.07, 6.45) is 4.68. The summed E-state index contributed by atoms with van der Waals surface area (Å²) in [6.45, 7) is 4.28. The van der Waals surface area contributed by atoms with E-state index in [0.29, 0.717) is 11.8 Å². The molecule has 0 amide bonds. The monoisotopic (exact) mass is 438 g/mol. The van der Waals surface area contributed by atoms with E-state index in [1.807, 2.05) is 0 Å². The number of carbonyl (C=O) groups is 4. The van der Waals surface area contributed by atoms with Crippen LogP contribution in [0.4, 0.5) is 0 Å². The molecular formula is C23H34O8. The summed E-state index contributed by atoms with van der Waals surface area (Å²) in [5.41, 5.74) is -0.519. The number of hydrogen-bond acceptors (Lipinski definition) is 6. The molecule has 8 heteroatoms. The highest BCUT2D eigenvalue weighted by Crippen LogP contribution is 2.28. The summed E-state index contributed by atoms with van der Waals surface area (Å²) in [4.78, 5) is 47.8. The van der Waals surface area contributed by atoms with Crippen LogP contribution in [0, 0.1) is 11.8 Å². The fourth-order valence-electron chi connectivity index (χ4n) is 4.28. The highest BCUT2D eigenvalue weighted by molar-refractivity contribution is 5.95. The predicted octanol–water partition coefficient (Wildman–Crippen LogP) is 3.87. The zero-order valence-electron chi connectivity index (χ0n) is 18.4. The molecule has 0 spiro atoms. The van der Waals surface area contributed by atoms with Gasteiger partial charge in [-0.1, -0.05) is 13.8 Å². The van der Waals surface area contributed by atoms with Crippen molar-refractivity contribution < 1.29 is 38.9 Å². The molecule has 31 heavy (non-hydrogen) atoms. The maximum atomic E-state index is 12.5. The van der Waals surface area contributed by atoms with Gasteiger partial charge in [0.25, 0.3) is 0 Å². The Morgan fingerprint density at radius 2 is 1.06 bits per heavy atom. The van der Waals surface area contributed by atoms with Gasteiger partial charge in [0.2, 0.25) is 0 Å². The van der Waals surface area contributed by atoms with Crippen LogP contribution >= 0.6 is 0 Å². The average molecular weight is 439 g/mol. The third-order valence-electron chi connectivity index (χ3n) is 6.25. The molecule has 0 bridgehead atoms. The minimum Gasteiger partial charge on any atom is -0.481 e. The maximum absolute atomic E-state index is 12.5. The quantitative estimate of drug-likeness (QED) is 0.410. The van der Waals surface area contributed by atoms with Gasteiger partial charge < -0.3 is 19.7 Å². The summed E-state index contributed by atoms with van der Waals surface area (Å²) in [5.74, 6) is -2.93. The molecule has 174 valence electrons. The number of carbonyl (C=O) groups excluding carboxylic acids is 2. The number of carboxylic acids is 2. The van der Waals surface area contributed by atoms with Crippen LogP contribution in [0.1, 0.15) is 84.5 Å². The summed E-state index contributed by atoms with van der Waals surface area (Å²) in [6, 6.07) is 0. The second-order valence-corrected chi connectivity index (χ2v) is 9.05. The maximum Gasteiger partial charge on any atom is 0.332 e. The third-order valence-corrected chi connectivity index (χ3v) is 6.25. The fourth-order valence-corrected chi connectivity index (χ4v) is 4.28. The summed E-state index contributed by atoms with van der Waals surface area (Å²) in [5, 5.41) is 18.6. The Balaban J connectivity index is 2.06. The van der Waals surface area contributed by atoms with Gasteiger partial charge >= 0.3 is 23.9 Å². The lowest BCUT2D eigenvalue weighted by atomic mass is 9.89. The highest BCUT2D eigenvalue weighted by Gasteiger charge is 2.27. The van der Waals surface area contributed by atoms with Crippen molar-refractivity contribution in [2.45, 2.75) is 96.7 Å². The van der Waals surface area contributed by atoms with Crippen LogP contribution in [-0.4, -0.2) is 46.3 Å². The molecule has 0 aromatic carbocycles. The molecule has 0 radical (unpaired) electrons. The van der Waals surface area contributed by atoms with E-state index in [1.54, 1.807) is 0 Å². The van der Waals surface area contributed by atoms with E-state index in [4.69, 9.17) is 14.6 Å². The largest absolute Gasteiger partial charge is 0.481 e. The molecule has 0 aromatic heterocycles. The molecule has 2 aliphatic carbocycles. The third kappa shape index (κ3) is 8.71. The molecular weight excluding hydrogens is 404 g/mol. The van der Waals surface area contributed by atoms with E-state index < -0.39 is 48.7 Å². The standard InChI is InChI=1S/C23H34O8/c1-14-3-7-17(8-4-14)30-21(26)11-16(19(23(28)29)13-20(24)25)12-22(27)31-18-9-5-15(2)6-10-18/h14-15,17-18H,3-13H2,1-2H3,(H,24,25)(H,28,29). The first-order valence-corrected chi connectivity index (χ1v) is 11.2. The Hall–Kier alpha value is -2.38. The molecule has 0 aromatic rings. The van der Waals surface area contributed by atoms with Crippen molar-refractivity contribution in [3.8, 4) is 0 Å². The highest BCUT2D eigenvalue weighted by atomic mass is 16.5. The molecule has 0 aliphatic heterocycles. The number of carboxylic acid groups (broad SMARTS) is 2. The average Bonchev–Trinajstić information content (AvgIpc) is 2.69. The van der Waals surface area contributed by atoms with Gasteiger partial charge in [0.15, 0.2) is 0 Å². The number of rotatable bonds is 9. The van der Waals surface area contributed by atoms with Crippen LogP contribution < -0.4 is 0 Å². The lowest BCUT2D eigenvalue weighted by molar-refractivity contribution is -0.151. The van der Waals surface area contributed by atoms with E-state index in [-0.39, 0.29) is 17.8 Å². The van der Waals surface area contributed by atoms with Crippen molar-refractivity contribution >= 4 is 23.9 Å². The normalized spacial score (nSPS) is 25.9. The van der Waals surface area contributed by atoms with E-state index >= 15 is 0 Å². The molecule has 2 saturated carbocycles. The van der Waals surface area contributed by atoms with Gasteiger partial charge in [0.1, 0.15) is 12.2 Å². The van der Waals surface area contributed by atoms with E-state index in [2.05, 4.69) is 13.8 Å². The Labute approximate surface area is 183 Å². The summed E-state index contributed by atoms with van der Waals surface area (Å²) >= 11 is 0. The fraction of sp³-hybridized carbons (Fsp3) is 0.739. The van der Waals surface area contributed by atoms with Gasteiger partial charge in [-0.05, 0) is 68.8 Å². The number of esters is 2. The number of aliphatic carboxylic acids is 2. The van der Waals surface area contributed by atoms with E-state index in [9.17, 15) is 24.3 Å². The lowest BCUT2D eigenvalue weighted by Gasteiger charge is -2.27. The minimum atomic E-state index is -1.46. The molecule has 0 unspecified atom stereocenters. The second-order valence-electron chi connectivity index (χ2n) is 9.05. The first-order chi connectivity index (χ1) is 14.6. The van der Waals surface area contributed by atoms with Gasteiger partial charge in [-0.25, -0.2) is 4.79 Å². The molecule has 2 N–H and O–H groups in total. The van der Waals surface area contributed by atoms with Gasteiger partial charge in [-0.2, -0.15) is 0 Å². The Morgan fingerprint density at radius 1 is 0.677 bits per heavy atom. The van der Waals surface area contributed by atoms with Crippen molar-refractivity contribution in [2.75, 3.05) is 0 Å². The SMILES string of the molecule is CC1CCC(OC(=O)CC(CC(=O)OC2CCC(C)CC2)=C(CC(=O)O)C(=O)O)CC1. The van der Waals surface area contributed by atoms with Crippen LogP contribution in [0.15, 0.2) is 11.1 Å². The Morgan fingerprint density at radius 3 is 1.39 bits per heavy atom. The number of hydrogen-bond donors (Lipinski definition) is 2. The van der Waals surface area contributed by atoms with Gasteiger partial charge in [0, 0.05) is 5.57 Å². The van der Waals surface area contributed by atoms with Crippen LogP contribution in [0.25, 0.3) is 0 Å². The second kappa shape index (κ2) is 11.9. The van der Waals surface area contributed by atoms with Crippen molar-refractivity contribution in [3.63, 3.8) is 0 Å². The topological polar surface area (TPSA) is 127 Å². The Bertz CT molecular complexity index is 654. The van der Waals surface area contributed by atoms with Crippen LogP contribution in [0.5, 0.6) is 0 Å². The minimum absolute atomic E-state index is 0.0572. The van der Waals surface area contributed by atoms with Crippen LogP contribution in [-0.2, 0) is 28.7 Å². The molecule has 2 aliphatic rings. The summed E-state index contributed by atoms with van der Waals surface area (Å²) < 4.78 is 11.0. The molecule has 0 heterocycles. The van der Waals surface area contributed by atoms with E-state index in [1.165, 1.54) is 0 Å². The smallest absolute Gasteiger partial charge is 0.332 e. The van der Waals surface area contributed by atoms with Crippen molar-refractivity contribution in [3.05, 3.63) is 11.1 Å². The zero-order valence-corrected chi connectivity index (χ0v) is 18.4. The summed E-state index contributed by atoms with van der Waals surface area (Å²) in [7, 11) is 0.